The molecule has 3 N–H and O–H groups in total. The van der Waals surface area contributed by atoms with Crippen LogP contribution in [-0.4, -0.2) is 58.3 Å². The third-order valence-electron chi connectivity index (χ3n) is 7.96. The van der Waals surface area contributed by atoms with Gasteiger partial charge in [0, 0.05) is 30.3 Å². The van der Waals surface area contributed by atoms with Crippen molar-refractivity contribution in [3.05, 3.63) is 30.1 Å². The van der Waals surface area contributed by atoms with E-state index in [4.69, 9.17) is 0 Å². The summed E-state index contributed by atoms with van der Waals surface area (Å²) in [5.41, 5.74) is 0.799. The number of carbonyl (C=O) groups excluding carboxylic acids is 3. The smallest absolute Gasteiger partial charge is 0.230 e. The summed E-state index contributed by atoms with van der Waals surface area (Å²) in [6.45, 7) is 8.68. The molecule has 5 aliphatic rings. The molecule has 0 saturated heterocycles. The number of aromatic nitrogens is 1. The number of amides is 3. The lowest BCUT2D eigenvalue weighted by Crippen LogP contribution is -2.52. The fourth-order valence-electron chi connectivity index (χ4n) is 5.84. The zero-order valence-corrected chi connectivity index (χ0v) is 23.5. The van der Waals surface area contributed by atoms with E-state index in [1.54, 1.807) is 12.4 Å². The Labute approximate surface area is 230 Å². The fraction of sp³-hybridized carbons (Fsp3) is 0.621. The molecule has 3 aliphatic heterocycles. The second-order valence-electron chi connectivity index (χ2n) is 11.4. The number of pyridine rings is 1. The highest BCUT2D eigenvalue weighted by molar-refractivity contribution is 6.09. The average Bonchev–Trinajstić information content (AvgIpc) is 3.39. The molecular weight excluding hydrogens is 494 g/mol. The number of hydrogen-bond donors (Lipinski definition) is 3. The van der Waals surface area contributed by atoms with Crippen molar-refractivity contribution in [2.75, 3.05) is 6.54 Å². The molecule has 4 atom stereocenters. The maximum Gasteiger partial charge on any atom is 0.230 e. The van der Waals surface area contributed by atoms with Gasteiger partial charge in [-0.2, -0.15) is 0 Å². The lowest BCUT2D eigenvalue weighted by molar-refractivity contribution is -0.127. The molecule has 10 heteroatoms. The van der Waals surface area contributed by atoms with Gasteiger partial charge >= 0.3 is 0 Å². The molecule has 0 radical (unpaired) electrons. The van der Waals surface area contributed by atoms with Gasteiger partial charge in [-0.3, -0.25) is 34.3 Å². The molecule has 0 aromatic carbocycles. The number of fused-ring (bicyclic) bond motifs is 2. The van der Waals surface area contributed by atoms with Crippen molar-refractivity contribution >= 4 is 35.2 Å². The van der Waals surface area contributed by atoms with E-state index in [-0.39, 0.29) is 41.1 Å². The second kappa shape index (κ2) is 12.6. The van der Waals surface area contributed by atoms with Gasteiger partial charge in [-0.25, -0.2) is 0 Å². The Morgan fingerprint density at radius 1 is 0.949 bits per heavy atom. The topological polar surface area (TPSA) is 137 Å². The number of nitrogens with one attached hydrogen (secondary N) is 3. The van der Waals surface area contributed by atoms with Crippen LogP contribution in [-0.2, 0) is 14.4 Å². The Bertz CT molecular complexity index is 1160. The zero-order valence-electron chi connectivity index (χ0n) is 23.5. The summed E-state index contributed by atoms with van der Waals surface area (Å²) in [4.78, 5) is 51.5. The fourth-order valence-corrected chi connectivity index (χ4v) is 5.84. The van der Waals surface area contributed by atoms with Gasteiger partial charge < -0.3 is 16.0 Å². The Morgan fingerprint density at radius 2 is 1.72 bits per heavy atom. The lowest BCUT2D eigenvalue weighted by atomic mass is 9.73. The molecule has 6 rings (SSSR count). The summed E-state index contributed by atoms with van der Waals surface area (Å²) in [6, 6.07) is 3.93. The third kappa shape index (κ3) is 7.16. The quantitative estimate of drug-likeness (QED) is 0.536. The van der Waals surface area contributed by atoms with Crippen LogP contribution in [0.15, 0.2) is 39.5 Å². The van der Waals surface area contributed by atoms with Gasteiger partial charge in [-0.15, -0.1) is 0 Å². The number of rotatable bonds is 2. The molecule has 210 valence electrons. The zero-order chi connectivity index (χ0) is 28.0. The molecule has 2 saturated carbocycles. The van der Waals surface area contributed by atoms with Crippen molar-refractivity contribution in [1.29, 1.82) is 0 Å². The maximum atomic E-state index is 11.7. The minimum Gasteiger partial charge on any atom is -0.314 e. The normalized spacial score (nSPS) is 29.4. The first-order valence-electron chi connectivity index (χ1n) is 14.2. The monoisotopic (exact) mass is 535 g/mol. The summed E-state index contributed by atoms with van der Waals surface area (Å²) < 4.78 is 0. The van der Waals surface area contributed by atoms with E-state index in [1.807, 2.05) is 19.1 Å². The largest absolute Gasteiger partial charge is 0.314 e. The van der Waals surface area contributed by atoms with E-state index in [9.17, 15) is 14.4 Å². The molecule has 3 amide bonds. The molecule has 4 heterocycles. The van der Waals surface area contributed by atoms with E-state index in [0.29, 0.717) is 24.7 Å². The molecule has 2 fully saturated rings. The summed E-state index contributed by atoms with van der Waals surface area (Å²) in [5.74, 6) is 3.34. The highest BCUT2D eigenvalue weighted by Crippen LogP contribution is 2.38. The minimum absolute atomic E-state index is 0.0295. The van der Waals surface area contributed by atoms with Gasteiger partial charge in [0.15, 0.2) is 0 Å². The van der Waals surface area contributed by atoms with Crippen molar-refractivity contribution in [3.8, 4) is 0 Å². The lowest BCUT2D eigenvalue weighted by Gasteiger charge is -2.40. The Kier molecular flexibility index (Phi) is 9.24. The second-order valence-corrected chi connectivity index (χ2v) is 11.4. The highest BCUT2D eigenvalue weighted by atomic mass is 16.2. The Hall–Kier alpha value is -3.43. The van der Waals surface area contributed by atoms with E-state index >= 15 is 0 Å². The molecule has 1 aromatic heterocycles. The van der Waals surface area contributed by atoms with Gasteiger partial charge in [-0.05, 0) is 51.7 Å². The van der Waals surface area contributed by atoms with Gasteiger partial charge in [-0.1, -0.05) is 33.1 Å². The van der Waals surface area contributed by atoms with Crippen LogP contribution in [0, 0.1) is 17.8 Å². The Balaban J connectivity index is 0.000000136. The van der Waals surface area contributed by atoms with Gasteiger partial charge in [0.05, 0.1) is 30.0 Å². The summed E-state index contributed by atoms with van der Waals surface area (Å²) in [5, 5.41) is 8.43. The number of aliphatic imine (C=N–C) groups is 3. The Morgan fingerprint density at radius 3 is 2.44 bits per heavy atom. The van der Waals surface area contributed by atoms with Crippen LogP contribution in [0.25, 0.3) is 0 Å². The predicted octanol–water partition coefficient (Wildman–Crippen LogP) is 3.17. The third-order valence-corrected chi connectivity index (χ3v) is 7.96. The number of carbonyl (C=O) groups is 3. The first-order valence-corrected chi connectivity index (χ1v) is 14.2. The highest BCUT2D eigenvalue weighted by Gasteiger charge is 2.43. The van der Waals surface area contributed by atoms with Crippen molar-refractivity contribution in [1.82, 2.24) is 20.9 Å². The molecule has 10 nitrogen and oxygen atoms in total. The van der Waals surface area contributed by atoms with E-state index < -0.39 is 0 Å². The van der Waals surface area contributed by atoms with Crippen LogP contribution in [0.1, 0.15) is 84.6 Å². The summed E-state index contributed by atoms with van der Waals surface area (Å²) >= 11 is 0. The standard InChI is InChI=1S/2C10H16N2O.C9H9N3O/c1-7-11-9(13)8-5-3-4-6-10(8,2)12-7;1-6(2)9-11-8-5-3-4-7(8)10(13)12-9;13-8-3-6-11-9(12-8)7-1-4-10-5-2-7/h8H,3-6H2,1-2H3,(H,11,12,13);6-8H,3-5H2,1-2H3,(H,11,12,13);1-2,4-5H,3,6H2,(H,11,12,13). The van der Waals surface area contributed by atoms with Gasteiger partial charge in [0.25, 0.3) is 0 Å². The molecule has 4 unspecified atom stereocenters. The molecule has 2 aliphatic carbocycles. The van der Waals surface area contributed by atoms with Crippen LogP contribution in [0.3, 0.4) is 0 Å². The molecule has 39 heavy (non-hydrogen) atoms. The maximum absolute atomic E-state index is 11.7. The van der Waals surface area contributed by atoms with Crippen molar-refractivity contribution < 1.29 is 14.4 Å². The average molecular weight is 536 g/mol. The number of amidine groups is 3. The molecule has 0 bridgehead atoms. The molecule has 0 spiro atoms. The van der Waals surface area contributed by atoms with Crippen molar-refractivity contribution in [2.45, 2.75) is 90.6 Å². The van der Waals surface area contributed by atoms with E-state index in [2.05, 4.69) is 56.7 Å². The molecular formula is C29H41N7O3. The van der Waals surface area contributed by atoms with Crippen LogP contribution in [0.5, 0.6) is 0 Å². The van der Waals surface area contributed by atoms with Gasteiger partial charge in [0.2, 0.25) is 17.7 Å². The van der Waals surface area contributed by atoms with Crippen LogP contribution < -0.4 is 16.0 Å². The minimum atomic E-state index is -0.106. The first-order chi connectivity index (χ1) is 18.7. The number of nitrogens with zero attached hydrogens (tertiary/aromatic N) is 4. The predicted molar refractivity (Wildman–Crippen MR) is 152 cm³/mol. The van der Waals surface area contributed by atoms with Crippen molar-refractivity contribution in [2.24, 2.45) is 32.7 Å². The number of hydrogen-bond acceptors (Lipinski definition) is 7. The van der Waals surface area contributed by atoms with Crippen LogP contribution >= 0.6 is 0 Å². The van der Waals surface area contributed by atoms with E-state index in [0.717, 1.165) is 49.3 Å². The SMILES string of the molecule is CC(C)C1=NC2CCCC2C(=O)N1.CC1=NC2(C)CCCCC2C(=O)N1.O=C1CCN=C(c2ccncc2)N1. The molecule has 1 aromatic rings. The first kappa shape index (κ1) is 28.6. The summed E-state index contributed by atoms with van der Waals surface area (Å²) in [7, 11) is 0. The van der Waals surface area contributed by atoms with Gasteiger partial charge in [0.1, 0.15) is 17.5 Å². The van der Waals surface area contributed by atoms with Crippen molar-refractivity contribution in [3.63, 3.8) is 0 Å². The van der Waals surface area contributed by atoms with Crippen LogP contribution in [0.4, 0.5) is 0 Å². The van der Waals surface area contributed by atoms with E-state index in [1.165, 1.54) is 12.8 Å². The summed E-state index contributed by atoms with van der Waals surface area (Å²) in [6.07, 6.45) is 11.5. The van der Waals surface area contributed by atoms with Crippen LogP contribution in [0.2, 0.25) is 0 Å².